The smallest absolute Gasteiger partial charge is 0.280 e. The van der Waals surface area contributed by atoms with E-state index in [4.69, 9.17) is 0 Å². The van der Waals surface area contributed by atoms with Gasteiger partial charge in [0.2, 0.25) is 5.43 Å². The number of carbonyl (C=O) groups excluding carboxylic acids is 1. The van der Waals surface area contributed by atoms with Crippen LogP contribution in [0.5, 0.6) is 0 Å². The monoisotopic (exact) mass is 313 g/mol. The number of aromatic nitrogens is 4. The molecule has 0 radical (unpaired) electrons. The first-order valence-electron chi connectivity index (χ1n) is 6.40. The van der Waals surface area contributed by atoms with Gasteiger partial charge in [-0.2, -0.15) is 5.10 Å². The lowest BCUT2D eigenvalue weighted by Crippen LogP contribution is -2.26. The molecule has 0 bridgehead atoms. The summed E-state index contributed by atoms with van der Waals surface area (Å²) in [6.45, 7) is 1.76. The van der Waals surface area contributed by atoms with Crippen LogP contribution in [-0.2, 0) is 0 Å². The van der Waals surface area contributed by atoms with Crippen LogP contribution in [0.3, 0.4) is 0 Å². The number of amides is 1. The Hall–Kier alpha value is -2.87. The molecule has 7 nitrogen and oxygen atoms in total. The van der Waals surface area contributed by atoms with E-state index in [0.29, 0.717) is 10.7 Å². The number of para-hydroxylation sites is 1. The minimum atomic E-state index is -0.583. The Bertz CT molecular complexity index is 859. The average Bonchev–Trinajstić information content (AvgIpc) is 3.01. The van der Waals surface area contributed by atoms with Crippen molar-refractivity contribution in [3.8, 4) is 5.69 Å². The van der Waals surface area contributed by atoms with E-state index in [-0.39, 0.29) is 5.69 Å². The van der Waals surface area contributed by atoms with E-state index in [0.717, 1.165) is 17.2 Å². The Morgan fingerprint density at radius 2 is 2.05 bits per heavy atom. The van der Waals surface area contributed by atoms with Crippen molar-refractivity contribution in [2.75, 3.05) is 5.32 Å². The van der Waals surface area contributed by atoms with E-state index < -0.39 is 11.3 Å². The molecule has 0 saturated carbocycles. The zero-order valence-corrected chi connectivity index (χ0v) is 12.4. The van der Waals surface area contributed by atoms with Crippen molar-refractivity contribution in [3.63, 3.8) is 0 Å². The zero-order chi connectivity index (χ0) is 15.5. The highest BCUT2D eigenvalue weighted by atomic mass is 32.1. The summed E-state index contributed by atoms with van der Waals surface area (Å²) in [5.74, 6) is -0.583. The predicted molar refractivity (Wildman–Crippen MR) is 82.4 cm³/mol. The molecule has 0 aliphatic rings. The quantitative estimate of drug-likeness (QED) is 0.794. The number of aryl methyl sites for hydroxylation is 1. The second-order valence-corrected chi connectivity index (χ2v) is 5.27. The van der Waals surface area contributed by atoms with Gasteiger partial charge in [0.1, 0.15) is 5.00 Å². The second kappa shape index (κ2) is 5.86. The van der Waals surface area contributed by atoms with Crippen LogP contribution in [0.15, 0.2) is 47.4 Å². The number of carbonyl (C=O) groups is 1. The van der Waals surface area contributed by atoms with Gasteiger partial charge in [0.05, 0.1) is 11.9 Å². The van der Waals surface area contributed by atoms with Gasteiger partial charge in [0.15, 0.2) is 5.69 Å². The summed E-state index contributed by atoms with van der Waals surface area (Å²) in [4.78, 5) is 24.2. The summed E-state index contributed by atoms with van der Waals surface area (Å²) in [6.07, 6.45) is 1.41. The standard InChI is InChI=1S/C14H11N5O2S/c1-9-7-11(20)13(14(21)16-12-8-15-18-22-12)17-19(9)10-5-3-2-4-6-10/h2-8H,1H3,(H,16,21). The summed E-state index contributed by atoms with van der Waals surface area (Å²) in [5.41, 5.74) is 0.809. The number of hydrogen-bond donors (Lipinski definition) is 1. The molecule has 0 fully saturated rings. The van der Waals surface area contributed by atoms with Gasteiger partial charge < -0.3 is 5.32 Å². The summed E-state index contributed by atoms with van der Waals surface area (Å²) >= 11 is 1.03. The Morgan fingerprint density at radius 1 is 1.27 bits per heavy atom. The molecule has 2 aromatic heterocycles. The molecule has 0 spiro atoms. The van der Waals surface area contributed by atoms with Gasteiger partial charge in [-0.05, 0) is 19.1 Å². The van der Waals surface area contributed by atoms with Crippen LogP contribution in [0.2, 0.25) is 0 Å². The van der Waals surface area contributed by atoms with Gasteiger partial charge in [0, 0.05) is 23.3 Å². The van der Waals surface area contributed by atoms with Crippen molar-refractivity contribution >= 4 is 22.4 Å². The Balaban J connectivity index is 2.01. The molecule has 1 amide bonds. The highest BCUT2D eigenvalue weighted by Crippen LogP contribution is 2.11. The van der Waals surface area contributed by atoms with Gasteiger partial charge in [-0.1, -0.05) is 22.7 Å². The molecule has 0 aliphatic carbocycles. The van der Waals surface area contributed by atoms with Gasteiger partial charge in [-0.15, -0.1) is 5.10 Å². The minimum Gasteiger partial charge on any atom is -0.309 e. The molecular weight excluding hydrogens is 302 g/mol. The zero-order valence-electron chi connectivity index (χ0n) is 11.6. The third-order valence-corrected chi connectivity index (χ3v) is 3.50. The van der Waals surface area contributed by atoms with E-state index in [1.807, 2.05) is 30.3 Å². The topological polar surface area (TPSA) is 89.8 Å². The summed E-state index contributed by atoms with van der Waals surface area (Å²) < 4.78 is 5.20. The molecule has 3 rings (SSSR count). The van der Waals surface area contributed by atoms with Crippen molar-refractivity contribution in [1.82, 2.24) is 19.4 Å². The molecule has 0 saturated heterocycles. The first-order chi connectivity index (χ1) is 10.6. The first kappa shape index (κ1) is 14.1. The van der Waals surface area contributed by atoms with Gasteiger partial charge in [0.25, 0.3) is 5.91 Å². The number of nitrogens with zero attached hydrogens (tertiary/aromatic N) is 4. The molecule has 0 unspecified atom stereocenters. The second-order valence-electron chi connectivity index (χ2n) is 4.48. The van der Waals surface area contributed by atoms with Crippen molar-refractivity contribution in [1.29, 1.82) is 0 Å². The van der Waals surface area contributed by atoms with E-state index >= 15 is 0 Å². The summed E-state index contributed by atoms with van der Waals surface area (Å²) in [6, 6.07) is 10.7. The molecule has 3 aromatic rings. The van der Waals surface area contributed by atoms with Crippen molar-refractivity contribution in [3.05, 3.63) is 64.2 Å². The fourth-order valence-corrected chi connectivity index (χ4v) is 2.34. The van der Waals surface area contributed by atoms with Gasteiger partial charge >= 0.3 is 0 Å². The number of benzene rings is 1. The molecule has 22 heavy (non-hydrogen) atoms. The SMILES string of the molecule is Cc1cc(=O)c(C(=O)Nc2cnns2)nn1-c1ccccc1. The lowest BCUT2D eigenvalue weighted by atomic mass is 10.2. The average molecular weight is 313 g/mol. The van der Waals surface area contributed by atoms with Crippen molar-refractivity contribution < 1.29 is 4.79 Å². The number of rotatable bonds is 3. The van der Waals surface area contributed by atoms with Gasteiger partial charge in [-0.3, -0.25) is 9.59 Å². The molecular formula is C14H11N5O2S. The maximum Gasteiger partial charge on any atom is 0.280 e. The lowest BCUT2D eigenvalue weighted by molar-refractivity contribution is 0.102. The van der Waals surface area contributed by atoms with E-state index in [1.165, 1.54) is 12.3 Å². The molecule has 1 N–H and O–H groups in total. The highest BCUT2D eigenvalue weighted by Gasteiger charge is 2.16. The van der Waals surface area contributed by atoms with Crippen LogP contribution in [0.1, 0.15) is 16.2 Å². The summed E-state index contributed by atoms with van der Waals surface area (Å²) in [7, 11) is 0. The Labute approximate surface area is 129 Å². The maximum absolute atomic E-state index is 12.2. The largest absolute Gasteiger partial charge is 0.309 e. The highest BCUT2D eigenvalue weighted by molar-refractivity contribution is 7.10. The van der Waals surface area contributed by atoms with Crippen LogP contribution in [0, 0.1) is 6.92 Å². The minimum absolute atomic E-state index is 0.178. The predicted octanol–water partition coefficient (Wildman–Crippen LogP) is 1.64. The lowest BCUT2D eigenvalue weighted by Gasteiger charge is -2.10. The van der Waals surface area contributed by atoms with Crippen molar-refractivity contribution in [2.24, 2.45) is 0 Å². The molecule has 0 aliphatic heterocycles. The molecule has 110 valence electrons. The summed E-state index contributed by atoms with van der Waals surface area (Å²) in [5, 5.41) is 10.8. The molecule has 1 aromatic carbocycles. The molecule has 0 atom stereocenters. The molecule has 8 heteroatoms. The first-order valence-corrected chi connectivity index (χ1v) is 7.17. The van der Waals surface area contributed by atoms with Crippen LogP contribution < -0.4 is 10.7 Å². The van der Waals surface area contributed by atoms with E-state index in [1.54, 1.807) is 11.6 Å². The van der Waals surface area contributed by atoms with Crippen LogP contribution in [0.4, 0.5) is 5.00 Å². The Morgan fingerprint density at radius 3 is 2.73 bits per heavy atom. The van der Waals surface area contributed by atoms with Crippen LogP contribution in [0.25, 0.3) is 5.69 Å². The number of anilines is 1. The normalized spacial score (nSPS) is 10.4. The fraction of sp³-hybridized carbons (Fsp3) is 0.0714. The van der Waals surface area contributed by atoms with Gasteiger partial charge in [-0.25, -0.2) is 4.68 Å². The van der Waals surface area contributed by atoms with Crippen LogP contribution >= 0.6 is 11.5 Å². The third kappa shape index (κ3) is 2.77. The van der Waals surface area contributed by atoms with Crippen molar-refractivity contribution in [2.45, 2.75) is 6.92 Å². The molecule has 2 heterocycles. The third-order valence-electron chi connectivity index (χ3n) is 2.92. The number of hydrogen-bond acceptors (Lipinski definition) is 6. The number of nitrogens with one attached hydrogen (secondary N) is 1. The Kier molecular flexibility index (Phi) is 3.75. The van der Waals surface area contributed by atoms with E-state index in [9.17, 15) is 9.59 Å². The fourth-order valence-electron chi connectivity index (χ4n) is 1.93. The van der Waals surface area contributed by atoms with E-state index in [2.05, 4.69) is 20.0 Å². The van der Waals surface area contributed by atoms with Crippen LogP contribution in [-0.4, -0.2) is 25.3 Å². The maximum atomic E-state index is 12.2.